The molecule has 0 amide bonds. The van der Waals surface area contributed by atoms with Crippen LogP contribution in [0.15, 0.2) is 47.8 Å². The van der Waals surface area contributed by atoms with Crippen LogP contribution >= 0.6 is 0 Å². The van der Waals surface area contributed by atoms with Crippen LogP contribution in [0.25, 0.3) is 10.9 Å². The van der Waals surface area contributed by atoms with E-state index in [1.807, 2.05) is 0 Å². The molecule has 0 aliphatic heterocycles. The second-order valence-corrected chi connectivity index (χ2v) is 4.04. The van der Waals surface area contributed by atoms with Gasteiger partial charge in [0.25, 0.3) is 5.56 Å². The number of aromatic nitrogens is 1. The third-order valence-corrected chi connectivity index (χ3v) is 2.68. The molecule has 5 heteroatoms. The fourth-order valence-electron chi connectivity index (χ4n) is 1.72. The van der Waals surface area contributed by atoms with E-state index in [-0.39, 0.29) is 10.9 Å². The summed E-state index contributed by atoms with van der Waals surface area (Å²) in [5.74, 6) is 0. The Hall–Kier alpha value is -2.17. The summed E-state index contributed by atoms with van der Waals surface area (Å²) in [5.41, 5.74) is -0.562. The van der Waals surface area contributed by atoms with E-state index in [0.717, 1.165) is 12.1 Å². The van der Waals surface area contributed by atoms with Crippen LogP contribution in [0.2, 0.25) is 0 Å². The molecule has 2 rings (SSSR count). The van der Waals surface area contributed by atoms with Gasteiger partial charge in [0.15, 0.2) is 0 Å². The maximum Gasteiger partial charge on any atom is 0.416 e. The molecule has 2 nitrogen and oxygen atoms in total. The number of rotatable bonds is 2. The highest BCUT2D eigenvalue weighted by Crippen LogP contribution is 2.30. The van der Waals surface area contributed by atoms with Gasteiger partial charge in [-0.2, -0.15) is 13.2 Å². The minimum Gasteiger partial charge on any atom is -0.267 e. The van der Waals surface area contributed by atoms with Crippen molar-refractivity contribution < 1.29 is 13.2 Å². The lowest BCUT2D eigenvalue weighted by molar-refractivity contribution is -0.137. The molecule has 1 aromatic carbocycles. The summed E-state index contributed by atoms with van der Waals surface area (Å²) in [6.07, 6.45) is -2.53. The van der Waals surface area contributed by atoms with Crippen LogP contribution in [0.4, 0.5) is 13.2 Å². The van der Waals surface area contributed by atoms with Gasteiger partial charge in [0.1, 0.15) is 0 Å². The number of fused-ring (bicyclic) bond motifs is 1. The predicted octanol–water partition coefficient (Wildman–Crippen LogP) is 3.34. The van der Waals surface area contributed by atoms with E-state index in [1.165, 1.54) is 18.2 Å². The van der Waals surface area contributed by atoms with Crippen molar-refractivity contribution in [2.45, 2.75) is 12.6 Å². The van der Waals surface area contributed by atoms with Crippen molar-refractivity contribution in [1.29, 1.82) is 0 Å². The quantitative estimate of drug-likeness (QED) is 0.779. The first-order chi connectivity index (χ1) is 8.91. The van der Waals surface area contributed by atoms with Gasteiger partial charge < -0.3 is 0 Å². The van der Waals surface area contributed by atoms with Crippen molar-refractivity contribution in [3.05, 3.63) is 64.5 Å². The highest BCUT2D eigenvalue weighted by molar-refractivity contribution is 5.78. The molecule has 2 aromatic rings. The topological polar surface area (TPSA) is 30.0 Å². The van der Waals surface area contributed by atoms with Crippen molar-refractivity contribution >= 4 is 10.9 Å². The van der Waals surface area contributed by atoms with Crippen LogP contribution in [0.1, 0.15) is 11.1 Å². The Bertz CT molecular complexity index is 692. The Morgan fingerprint density at radius 2 is 1.95 bits per heavy atom. The molecule has 0 atom stereocenters. The van der Waals surface area contributed by atoms with Gasteiger partial charge in [-0.15, -0.1) is 6.58 Å². The third-order valence-electron chi connectivity index (χ3n) is 2.68. The normalized spacial score (nSPS) is 11.5. The first-order valence-electron chi connectivity index (χ1n) is 5.54. The average Bonchev–Trinajstić information content (AvgIpc) is 2.48. The Morgan fingerprint density at radius 3 is 2.58 bits per heavy atom. The average molecular weight is 265 g/mol. The van der Waals surface area contributed by atoms with E-state index in [2.05, 4.69) is 11.6 Å². The number of hydrogen-bond donors (Lipinski definition) is 0. The van der Waals surface area contributed by atoms with Gasteiger partial charge in [-0.3, -0.25) is 4.79 Å². The Kier molecular flexibility index (Phi) is 3.38. The summed E-state index contributed by atoms with van der Waals surface area (Å²) in [6, 6.07) is 6.07. The maximum atomic E-state index is 12.6. The highest BCUT2D eigenvalue weighted by atomic mass is 19.4. The molecule has 0 aliphatic carbocycles. The van der Waals surface area contributed by atoms with Crippen LogP contribution in [0, 0.1) is 0 Å². The minimum atomic E-state index is -4.41. The fourth-order valence-corrected chi connectivity index (χ4v) is 1.72. The zero-order valence-electron chi connectivity index (χ0n) is 9.87. The molecule has 0 radical (unpaired) electrons. The summed E-state index contributed by atoms with van der Waals surface area (Å²) < 4.78 is 37.8. The van der Waals surface area contributed by atoms with Crippen molar-refractivity contribution in [3.8, 4) is 0 Å². The molecule has 0 fully saturated rings. The molecule has 1 heterocycles. The fraction of sp³-hybridized carbons (Fsp3) is 0.143. The number of hydrogen-bond acceptors (Lipinski definition) is 2. The molecule has 0 aliphatic rings. The Balaban J connectivity index is 2.69. The first-order valence-corrected chi connectivity index (χ1v) is 5.54. The van der Waals surface area contributed by atoms with E-state index in [9.17, 15) is 18.0 Å². The van der Waals surface area contributed by atoms with E-state index in [0.29, 0.717) is 12.0 Å². The van der Waals surface area contributed by atoms with Gasteiger partial charge >= 0.3 is 6.18 Å². The second kappa shape index (κ2) is 4.84. The number of allylic oxidation sites excluding steroid dienone is 1. The number of alkyl halides is 3. The SMILES string of the molecule is C=CCc1ccc2cc(C(F)(F)F)ccc2nc1=O. The van der Waals surface area contributed by atoms with Crippen molar-refractivity contribution in [2.24, 2.45) is 0 Å². The molecular formula is C14H10F3NO. The molecule has 0 N–H and O–H groups in total. The summed E-state index contributed by atoms with van der Waals surface area (Å²) >= 11 is 0. The summed E-state index contributed by atoms with van der Waals surface area (Å²) in [6.45, 7) is 3.52. The molecule has 0 bridgehead atoms. The summed E-state index contributed by atoms with van der Waals surface area (Å²) in [5, 5.41) is 0.280. The van der Waals surface area contributed by atoms with Crippen LogP contribution in [0.3, 0.4) is 0 Å². The lowest BCUT2D eigenvalue weighted by Crippen LogP contribution is -2.08. The van der Waals surface area contributed by atoms with Crippen molar-refractivity contribution in [1.82, 2.24) is 4.98 Å². The predicted molar refractivity (Wildman–Crippen MR) is 66.9 cm³/mol. The van der Waals surface area contributed by atoms with Gasteiger partial charge in [0.2, 0.25) is 0 Å². The van der Waals surface area contributed by atoms with Crippen LogP contribution < -0.4 is 5.56 Å². The number of nitrogens with zero attached hydrogens (tertiary/aromatic N) is 1. The molecule has 19 heavy (non-hydrogen) atoms. The molecule has 1 aromatic heterocycles. The highest BCUT2D eigenvalue weighted by Gasteiger charge is 2.30. The standard InChI is InChI=1S/C14H10F3NO/c1-2-3-9-4-5-10-8-11(14(15,16)17)6-7-12(10)18-13(9)19/h2,4-8H,1,3H2. The number of halogens is 3. The summed E-state index contributed by atoms with van der Waals surface area (Å²) in [4.78, 5) is 15.5. The van der Waals surface area contributed by atoms with Gasteiger partial charge in [-0.25, -0.2) is 4.98 Å². The van der Waals surface area contributed by atoms with Crippen LogP contribution in [-0.2, 0) is 12.6 Å². The van der Waals surface area contributed by atoms with Gasteiger partial charge in [0, 0.05) is 10.9 Å². The lowest BCUT2D eigenvalue weighted by atomic mass is 10.1. The monoisotopic (exact) mass is 265 g/mol. The zero-order valence-corrected chi connectivity index (χ0v) is 9.87. The molecule has 0 spiro atoms. The molecule has 98 valence electrons. The van der Waals surface area contributed by atoms with E-state index < -0.39 is 17.3 Å². The third kappa shape index (κ3) is 2.81. The van der Waals surface area contributed by atoms with Crippen molar-refractivity contribution in [2.75, 3.05) is 0 Å². The Morgan fingerprint density at radius 1 is 1.21 bits per heavy atom. The smallest absolute Gasteiger partial charge is 0.267 e. The van der Waals surface area contributed by atoms with Gasteiger partial charge in [0.05, 0.1) is 11.1 Å². The zero-order chi connectivity index (χ0) is 14.0. The first kappa shape index (κ1) is 13.3. The molecule has 0 saturated carbocycles. The maximum absolute atomic E-state index is 12.6. The Labute approximate surface area is 107 Å². The van der Waals surface area contributed by atoms with Crippen molar-refractivity contribution in [3.63, 3.8) is 0 Å². The lowest BCUT2D eigenvalue weighted by Gasteiger charge is -2.05. The molecule has 0 saturated heterocycles. The van der Waals surface area contributed by atoms with Crippen LogP contribution in [0.5, 0.6) is 0 Å². The van der Waals surface area contributed by atoms with Gasteiger partial charge in [-0.1, -0.05) is 18.2 Å². The van der Waals surface area contributed by atoms with E-state index in [4.69, 9.17) is 0 Å². The van der Waals surface area contributed by atoms with Crippen LogP contribution in [-0.4, -0.2) is 4.98 Å². The van der Waals surface area contributed by atoms with E-state index >= 15 is 0 Å². The second-order valence-electron chi connectivity index (χ2n) is 4.04. The molecule has 0 unspecified atom stereocenters. The number of benzene rings is 1. The summed E-state index contributed by atoms with van der Waals surface area (Å²) in [7, 11) is 0. The van der Waals surface area contributed by atoms with Gasteiger partial charge in [-0.05, 0) is 24.6 Å². The van der Waals surface area contributed by atoms with E-state index in [1.54, 1.807) is 6.08 Å². The molecular weight excluding hydrogens is 255 g/mol. The minimum absolute atomic E-state index is 0.244. The largest absolute Gasteiger partial charge is 0.416 e.